The number of carbonyl (C=O) groups excluding carboxylic acids is 1. The first-order valence-electron chi connectivity index (χ1n) is 10.9. The van der Waals surface area contributed by atoms with Crippen molar-refractivity contribution in [3.63, 3.8) is 0 Å². The zero-order valence-corrected chi connectivity index (χ0v) is 18.4. The molecule has 2 heteroatoms. The molecule has 0 unspecified atom stereocenters. The summed E-state index contributed by atoms with van der Waals surface area (Å²) in [5.41, 5.74) is 3.84. The third-order valence-electron chi connectivity index (χ3n) is 5.76. The van der Waals surface area contributed by atoms with E-state index in [1.807, 2.05) is 36.4 Å². The molecule has 2 heterocycles. The molecule has 0 atom stereocenters. The van der Waals surface area contributed by atoms with E-state index < -0.39 is 0 Å². The van der Waals surface area contributed by atoms with Crippen LogP contribution in [0.2, 0.25) is 0 Å². The van der Waals surface area contributed by atoms with Gasteiger partial charge >= 0.3 is 0 Å². The second kappa shape index (κ2) is 12.3. The van der Waals surface area contributed by atoms with Gasteiger partial charge in [-0.2, -0.15) is 0 Å². The van der Waals surface area contributed by atoms with Crippen molar-refractivity contribution in [3.8, 4) is 0 Å². The number of ketones is 1. The van der Waals surface area contributed by atoms with Crippen molar-refractivity contribution in [1.29, 1.82) is 0 Å². The van der Waals surface area contributed by atoms with Gasteiger partial charge in [0.1, 0.15) is 5.78 Å². The normalized spacial score (nSPS) is 19.3. The predicted octanol–water partition coefficient (Wildman–Crippen LogP) is 6.73. The van der Waals surface area contributed by atoms with Gasteiger partial charge in [-0.3, -0.25) is 0 Å². The second-order valence-electron chi connectivity index (χ2n) is 8.40. The van der Waals surface area contributed by atoms with Gasteiger partial charge in [0.15, 0.2) is 0 Å². The summed E-state index contributed by atoms with van der Waals surface area (Å²) in [6.45, 7) is 11.2. The quantitative estimate of drug-likeness (QED) is 0.575. The van der Waals surface area contributed by atoms with Crippen LogP contribution in [0.5, 0.6) is 0 Å². The van der Waals surface area contributed by atoms with Crippen LogP contribution < -0.4 is 0 Å². The number of rotatable bonds is 4. The van der Waals surface area contributed by atoms with Gasteiger partial charge in [-0.15, -0.1) is 0 Å². The molecule has 1 saturated carbocycles. The molecule has 3 aliphatic rings. The van der Waals surface area contributed by atoms with Gasteiger partial charge in [0.05, 0.1) is 0 Å². The number of aryl methyl sites for hydroxylation is 2. The number of hydrogen-bond acceptors (Lipinski definition) is 2. The number of fused-ring (bicyclic) bond motifs is 3. The lowest BCUT2D eigenvalue weighted by molar-refractivity contribution is -0.117. The SMILES string of the molecule is C=C(CCC(C)=O)N1CC2CCC1CC2.Cc1ccccc1.Cc1ccccc1. The van der Waals surface area contributed by atoms with E-state index in [2.05, 4.69) is 49.6 Å². The lowest BCUT2D eigenvalue weighted by Gasteiger charge is -2.47. The first kappa shape index (κ1) is 22.9. The Bertz CT molecular complexity index is 692. The smallest absolute Gasteiger partial charge is 0.130 e. The summed E-state index contributed by atoms with van der Waals surface area (Å²) >= 11 is 0. The highest BCUT2D eigenvalue weighted by atomic mass is 16.1. The van der Waals surface area contributed by atoms with Gasteiger partial charge in [0.25, 0.3) is 0 Å². The molecule has 29 heavy (non-hydrogen) atoms. The molecule has 2 aromatic carbocycles. The Labute approximate surface area is 177 Å². The van der Waals surface area contributed by atoms with Crippen LogP contribution in [0, 0.1) is 19.8 Å². The van der Waals surface area contributed by atoms with Crippen molar-refractivity contribution in [2.75, 3.05) is 6.54 Å². The minimum absolute atomic E-state index is 0.276. The van der Waals surface area contributed by atoms with Crippen molar-refractivity contribution in [1.82, 2.24) is 4.90 Å². The molecule has 156 valence electrons. The second-order valence-corrected chi connectivity index (χ2v) is 8.40. The fraction of sp³-hybridized carbons (Fsp3) is 0.444. The van der Waals surface area contributed by atoms with E-state index in [0.29, 0.717) is 6.42 Å². The summed E-state index contributed by atoms with van der Waals surface area (Å²) in [6, 6.07) is 21.3. The van der Waals surface area contributed by atoms with E-state index in [1.165, 1.54) is 49.1 Å². The summed E-state index contributed by atoms with van der Waals surface area (Å²) in [6.07, 6.45) is 7.00. The number of benzene rings is 2. The van der Waals surface area contributed by atoms with E-state index in [-0.39, 0.29) is 5.78 Å². The molecule has 0 N–H and O–H groups in total. The highest BCUT2D eigenvalue weighted by molar-refractivity contribution is 5.75. The standard InChI is InChI=1S/C13H21NO.2C7H8/c1-10(3-4-11(2)15)14-9-12-5-7-13(14)8-6-12;2*1-7-5-3-2-4-6-7/h12-13H,1,3-9H2,2H3;2*2-6H,1H3. The van der Waals surface area contributed by atoms with Gasteiger partial charge in [0, 0.05) is 24.7 Å². The van der Waals surface area contributed by atoms with Crippen LogP contribution in [0.1, 0.15) is 56.6 Å². The Hall–Kier alpha value is -2.35. The van der Waals surface area contributed by atoms with Crippen molar-refractivity contribution in [2.45, 2.75) is 65.3 Å². The van der Waals surface area contributed by atoms with Crippen molar-refractivity contribution in [2.24, 2.45) is 5.92 Å². The van der Waals surface area contributed by atoms with Gasteiger partial charge in [-0.1, -0.05) is 78.4 Å². The predicted molar refractivity (Wildman–Crippen MR) is 124 cm³/mol. The van der Waals surface area contributed by atoms with E-state index in [1.54, 1.807) is 6.92 Å². The number of Topliss-reactive ketones (excluding diaryl/α,β-unsaturated/α-hetero) is 1. The highest BCUT2D eigenvalue weighted by Gasteiger charge is 2.33. The maximum absolute atomic E-state index is 10.9. The van der Waals surface area contributed by atoms with Crippen LogP contribution in [0.15, 0.2) is 72.9 Å². The van der Waals surface area contributed by atoms with Crippen molar-refractivity contribution < 1.29 is 4.79 Å². The van der Waals surface area contributed by atoms with Crippen molar-refractivity contribution >= 4 is 5.78 Å². The lowest BCUT2D eigenvalue weighted by atomic mass is 9.79. The average molecular weight is 392 g/mol. The largest absolute Gasteiger partial charge is 0.372 e. The Morgan fingerprint density at radius 2 is 1.34 bits per heavy atom. The van der Waals surface area contributed by atoms with E-state index >= 15 is 0 Å². The Morgan fingerprint density at radius 1 is 0.862 bits per heavy atom. The van der Waals surface area contributed by atoms with Crippen LogP contribution in [-0.2, 0) is 4.79 Å². The van der Waals surface area contributed by atoms with Crippen molar-refractivity contribution in [3.05, 3.63) is 84.1 Å². The first-order valence-corrected chi connectivity index (χ1v) is 10.9. The Morgan fingerprint density at radius 3 is 1.66 bits per heavy atom. The minimum atomic E-state index is 0.276. The summed E-state index contributed by atoms with van der Waals surface area (Å²) in [7, 11) is 0. The van der Waals surface area contributed by atoms with E-state index in [4.69, 9.17) is 0 Å². The van der Waals surface area contributed by atoms with Gasteiger partial charge < -0.3 is 9.69 Å². The fourth-order valence-corrected chi connectivity index (χ4v) is 3.99. The number of carbonyl (C=O) groups is 1. The number of nitrogens with zero attached hydrogens (tertiary/aromatic N) is 1. The number of hydrogen-bond donors (Lipinski definition) is 0. The zero-order chi connectivity index (χ0) is 21.1. The summed E-state index contributed by atoms with van der Waals surface area (Å²) in [5, 5.41) is 0. The maximum Gasteiger partial charge on any atom is 0.130 e. The molecule has 2 bridgehead atoms. The number of allylic oxidation sites excluding steroid dienone is 1. The van der Waals surface area contributed by atoms with Crippen LogP contribution in [0.25, 0.3) is 0 Å². The monoisotopic (exact) mass is 391 g/mol. The molecule has 2 aliphatic heterocycles. The molecule has 2 saturated heterocycles. The summed E-state index contributed by atoms with van der Waals surface area (Å²) in [4.78, 5) is 13.4. The van der Waals surface area contributed by atoms with Crippen LogP contribution in [-0.4, -0.2) is 23.3 Å². The molecule has 0 aromatic heterocycles. The lowest BCUT2D eigenvalue weighted by Crippen LogP contribution is -2.47. The molecule has 0 radical (unpaired) electrons. The third-order valence-corrected chi connectivity index (χ3v) is 5.76. The summed E-state index contributed by atoms with van der Waals surface area (Å²) in [5.74, 6) is 1.17. The third kappa shape index (κ3) is 8.68. The van der Waals surface area contributed by atoms with Gasteiger partial charge in [-0.25, -0.2) is 0 Å². The van der Waals surface area contributed by atoms with E-state index in [0.717, 1.165) is 18.4 Å². The average Bonchev–Trinajstić information content (AvgIpc) is 2.75. The molecule has 3 fully saturated rings. The van der Waals surface area contributed by atoms with Crippen LogP contribution in [0.4, 0.5) is 0 Å². The molecule has 1 aliphatic carbocycles. The Balaban J connectivity index is 0.000000178. The topological polar surface area (TPSA) is 20.3 Å². The first-order chi connectivity index (χ1) is 14.0. The Kier molecular flexibility index (Phi) is 9.70. The van der Waals surface area contributed by atoms with Gasteiger partial charge in [-0.05, 0) is 58.8 Å². The summed E-state index contributed by atoms with van der Waals surface area (Å²) < 4.78 is 0. The molecular weight excluding hydrogens is 354 g/mol. The molecule has 2 nitrogen and oxygen atoms in total. The molecular formula is C27H37NO. The van der Waals surface area contributed by atoms with Crippen LogP contribution in [0.3, 0.4) is 0 Å². The highest BCUT2D eigenvalue weighted by Crippen LogP contribution is 2.37. The molecule has 0 spiro atoms. The maximum atomic E-state index is 10.9. The molecule has 2 aromatic rings. The van der Waals surface area contributed by atoms with Crippen LogP contribution >= 0.6 is 0 Å². The zero-order valence-electron chi connectivity index (χ0n) is 18.4. The van der Waals surface area contributed by atoms with Gasteiger partial charge in [0.2, 0.25) is 0 Å². The number of piperidine rings is 2. The van der Waals surface area contributed by atoms with E-state index in [9.17, 15) is 4.79 Å². The molecule has 0 amide bonds. The minimum Gasteiger partial charge on any atom is -0.372 e. The fourth-order valence-electron chi connectivity index (χ4n) is 3.99. The molecule has 5 rings (SSSR count).